The molecule has 10 nitrogen and oxygen atoms in total. The first-order valence-corrected chi connectivity index (χ1v) is 11.9. The predicted octanol–water partition coefficient (Wildman–Crippen LogP) is 2.22. The van der Waals surface area contributed by atoms with Crippen LogP contribution < -0.4 is 0 Å². The highest BCUT2D eigenvalue weighted by atomic mass is 32.2. The van der Waals surface area contributed by atoms with Crippen molar-refractivity contribution in [3.8, 4) is 0 Å². The molecule has 3 rings (SSSR count). The molecule has 12 heteroatoms. The zero-order chi connectivity index (χ0) is 24.2. The minimum Gasteiger partial charge on any atom is -0.478 e. The van der Waals surface area contributed by atoms with Crippen molar-refractivity contribution in [2.75, 3.05) is 32.0 Å². The number of hydrogen-bond donors (Lipinski definition) is 2. The largest absolute Gasteiger partial charge is 0.478 e. The van der Waals surface area contributed by atoms with E-state index in [2.05, 4.69) is 10.1 Å². The summed E-state index contributed by atoms with van der Waals surface area (Å²) in [6.07, 6.45) is 1.96. The van der Waals surface area contributed by atoms with Gasteiger partial charge in [-0.3, -0.25) is 4.18 Å². The van der Waals surface area contributed by atoms with E-state index in [0.29, 0.717) is 18.2 Å². The molecule has 2 heterocycles. The van der Waals surface area contributed by atoms with E-state index in [1.165, 1.54) is 12.1 Å². The summed E-state index contributed by atoms with van der Waals surface area (Å²) in [5.74, 6) is -4.58. The van der Waals surface area contributed by atoms with Crippen molar-refractivity contribution in [3.05, 3.63) is 41.4 Å². The lowest BCUT2D eigenvalue weighted by molar-refractivity contribution is -0.135. The highest BCUT2D eigenvalue weighted by molar-refractivity contribution is 7.86. The third kappa shape index (κ3) is 6.83. The van der Waals surface area contributed by atoms with Crippen molar-refractivity contribution in [1.82, 2.24) is 10.1 Å². The molecule has 0 bridgehead atoms. The monoisotopic (exact) mass is 484 g/mol. The highest BCUT2D eigenvalue weighted by Crippen LogP contribution is 2.33. The molecule has 0 radical (unpaired) electrons. The molecule has 0 spiro atoms. The molecule has 1 aromatic heterocycles. The van der Waals surface area contributed by atoms with E-state index in [9.17, 15) is 22.4 Å². The maximum atomic E-state index is 13.4. The summed E-state index contributed by atoms with van der Waals surface area (Å²) < 4.78 is 47.6. The molecule has 1 saturated heterocycles. The van der Waals surface area contributed by atoms with Crippen LogP contribution in [0.3, 0.4) is 0 Å². The van der Waals surface area contributed by atoms with E-state index in [-0.39, 0.29) is 24.3 Å². The van der Waals surface area contributed by atoms with Crippen molar-refractivity contribution < 1.29 is 41.3 Å². The second kappa shape index (κ2) is 10.4. The number of hydrogen-bond acceptors (Lipinski definition) is 8. The lowest BCUT2D eigenvalue weighted by Crippen LogP contribution is -2.37. The zero-order valence-corrected chi connectivity index (χ0v) is 18.8. The van der Waals surface area contributed by atoms with Gasteiger partial charge in [0.2, 0.25) is 0 Å². The smallest absolute Gasteiger partial charge is 0.332 e. The van der Waals surface area contributed by atoms with Crippen LogP contribution in [-0.4, -0.2) is 72.6 Å². The maximum absolute atomic E-state index is 13.4. The van der Waals surface area contributed by atoms with Gasteiger partial charge < -0.3 is 19.6 Å². The summed E-state index contributed by atoms with van der Waals surface area (Å²) in [6.45, 7) is 3.74. The van der Waals surface area contributed by atoms with Crippen LogP contribution in [0.5, 0.6) is 0 Å². The van der Waals surface area contributed by atoms with Crippen molar-refractivity contribution in [2.45, 2.75) is 25.7 Å². The molecule has 0 aliphatic carbocycles. The van der Waals surface area contributed by atoms with Crippen LogP contribution >= 0.6 is 0 Å². The van der Waals surface area contributed by atoms with Crippen LogP contribution in [0.4, 0.5) is 4.39 Å². The number of benzene rings is 1. The number of fused-ring (bicyclic) bond motifs is 1. The van der Waals surface area contributed by atoms with Gasteiger partial charge in [0.1, 0.15) is 11.6 Å². The van der Waals surface area contributed by atoms with Crippen LogP contribution in [0, 0.1) is 11.7 Å². The Morgan fingerprint density at radius 1 is 1.33 bits per heavy atom. The number of carboxylic acid groups (broad SMARTS) is 2. The van der Waals surface area contributed by atoms with Crippen LogP contribution in [0.25, 0.3) is 11.0 Å². The molecular formula is C21H25FN2O8S. The molecule has 180 valence electrons. The molecule has 1 atom stereocenters. The van der Waals surface area contributed by atoms with Gasteiger partial charge >= 0.3 is 11.9 Å². The first kappa shape index (κ1) is 24.8. The van der Waals surface area contributed by atoms with E-state index in [0.717, 1.165) is 37.0 Å². The Hall–Kier alpha value is -2.83. The Morgan fingerprint density at radius 2 is 2.03 bits per heavy atom. The number of rotatable bonds is 10. The molecule has 33 heavy (non-hydrogen) atoms. The minimum atomic E-state index is -4.25. The van der Waals surface area contributed by atoms with Gasteiger partial charge in [-0.05, 0) is 44.0 Å². The molecular weight excluding hydrogens is 459 g/mol. The Labute approximate surface area is 189 Å². The van der Waals surface area contributed by atoms with Crippen molar-refractivity contribution in [1.29, 1.82) is 0 Å². The highest BCUT2D eigenvalue weighted by Gasteiger charge is 2.27. The summed E-state index contributed by atoms with van der Waals surface area (Å²) in [5, 5.41) is 22.6. The molecule has 0 amide bonds. The van der Waals surface area contributed by atoms with Crippen LogP contribution in [-0.2, 0) is 23.9 Å². The number of nitrogens with zero attached hydrogens (tertiary/aromatic N) is 2. The Bertz CT molecular complexity index is 1150. The number of carboxylic acids is 2. The maximum Gasteiger partial charge on any atom is 0.332 e. The fourth-order valence-corrected chi connectivity index (χ4v) is 4.98. The number of aliphatic carboxylic acids is 2. The fraction of sp³-hybridized carbons (Fsp3) is 0.476. The van der Waals surface area contributed by atoms with E-state index >= 15 is 0 Å². The van der Waals surface area contributed by atoms with Gasteiger partial charge in [-0.15, -0.1) is 0 Å². The third-order valence-corrected chi connectivity index (χ3v) is 6.60. The van der Waals surface area contributed by atoms with Gasteiger partial charge in [0, 0.05) is 30.0 Å². The molecule has 0 unspecified atom stereocenters. The van der Waals surface area contributed by atoms with Crippen molar-refractivity contribution in [2.24, 2.45) is 5.92 Å². The fourth-order valence-electron chi connectivity index (χ4n) is 3.87. The molecule has 2 aromatic rings. The minimum absolute atomic E-state index is 0.151. The normalized spacial score (nSPS) is 17.3. The summed E-state index contributed by atoms with van der Waals surface area (Å²) in [6, 6.07) is 4.36. The van der Waals surface area contributed by atoms with Gasteiger partial charge in [0.15, 0.2) is 5.58 Å². The average molecular weight is 485 g/mol. The van der Waals surface area contributed by atoms with Gasteiger partial charge in [-0.25, -0.2) is 14.0 Å². The van der Waals surface area contributed by atoms with Crippen molar-refractivity contribution in [3.63, 3.8) is 0 Å². The Balaban J connectivity index is 1.48. The quantitative estimate of drug-likeness (QED) is 0.380. The second-order valence-electron chi connectivity index (χ2n) is 8.19. The number of carbonyl (C=O) groups is 2. The van der Waals surface area contributed by atoms with Gasteiger partial charge in [-0.1, -0.05) is 12.1 Å². The number of likely N-dealkylation sites (tertiary alicyclic amines) is 1. The molecule has 1 aliphatic heterocycles. The van der Waals surface area contributed by atoms with Crippen LogP contribution in [0.1, 0.15) is 31.4 Å². The standard InChI is InChI=1S/C21H25FN2O8S/c1-13(11-31-33(29,30)12-15(21(27)28)8-19(25)26)10-24-6-4-14(5-7-24)20-17-3-2-16(22)9-18(17)32-23-20/h2-3,8-9,13-14H,4-7,10-12H2,1H3,(H,25,26)(H,27,28)/b15-8+/t13-/m1/s1. The Morgan fingerprint density at radius 3 is 2.67 bits per heavy atom. The molecule has 1 fully saturated rings. The molecule has 2 N–H and O–H groups in total. The predicted molar refractivity (Wildman–Crippen MR) is 115 cm³/mol. The first-order valence-electron chi connectivity index (χ1n) is 10.3. The molecule has 1 aromatic carbocycles. The lowest BCUT2D eigenvalue weighted by Gasteiger charge is -2.32. The van der Waals surface area contributed by atoms with Crippen molar-refractivity contribution >= 4 is 33.0 Å². The second-order valence-corrected chi connectivity index (χ2v) is 9.83. The van der Waals surface area contributed by atoms with Gasteiger partial charge in [0.25, 0.3) is 10.1 Å². The number of piperidine rings is 1. The van der Waals surface area contributed by atoms with Crippen LogP contribution in [0.2, 0.25) is 0 Å². The van der Waals surface area contributed by atoms with Crippen LogP contribution in [0.15, 0.2) is 34.4 Å². The summed E-state index contributed by atoms with van der Waals surface area (Å²) in [7, 11) is -4.25. The average Bonchev–Trinajstić information content (AvgIpc) is 3.15. The van der Waals surface area contributed by atoms with E-state index in [1.54, 1.807) is 6.07 Å². The SMILES string of the molecule is C[C@@H](COS(=O)(=O)C/C(=C\C(=O)O)C(=O)O)CN1CCC(c2noc3cc(F)ccc23)CC1. The molecule has 0 saturated carbocycles. The summed E-state index contributed by atoms with van der Waals surface area (Å²) in [5.41, 5.74) is 0.458. The molecule has 1 aliphatic rings. The number of halogens is 1. The lowest BCUT2D eigenvalue weighted by atomic mass is 9.91. The van der Waals surface area contributed by atoms with E-state index in [1.807, 2.05) is 6.92 Å². The first-order chi connectivity index (χ1) is 15.5. The van der Waals surface area contributed by atoms with E-state index in [4.69, 9.17) is 18.9 Å². The third-order valence-electron chi connectivity index (χ3n) is 5.44. The Kier molecular flexibility index (Phi) is 7.82. The summed E-state index contributed by atoms with van der Waals surface area (Å²) in [4.78, 5) is 23.9. The van der Waals surface area contributed by atoms with E-state index < -0.39 is 33.4 Å². The van der Waals surface area contributed by atoms with Gasteiger partial charge in [0.05, 0.1) is 17.9 Å². The summed E-state index contributed by atoms with van der Waals surface area (Å²) >= 11 is 0. The van der Waals surface area contributed by atoms with Gasteiger partial charge in [-0.2, -0.15) is 8.42 Å². The number of aromatic nitrogens is 1. The zero-order valence-electron chi connectivity index (χ0n) is 17.9. The topological polar surface area (TPSA) is 147 Å².